The number of nitrogens with zero attached hydrogens (tertiary/aromatic N) is 2. The van der Waals surface area contributed by atoms with Gasteiger partial charge in [0, 0.05) is 36.3 Å². The first-order valence-electron chi connectivity index (χ1n) is 12.5. The van der Waals surface area contributed by atoms with Gasteiger partial charge < -0.3 is 14.4 Å². The van der Waals surface area contributed by atoms with Crippen LogP contribution in [0.1, 0.15) is 27.0 Å². The van der Waals surface area contributed by atoms with Gasteiger partial charge in [-0.3, -0.25) is 24.6 Å². The normalized spacial score (nSPS) is 23.5. The van der Waals surface area contributed by atoms with E-state index in [1.54, 1.807) is 6.07 Å². The van der Waals surface area contributed by atoms with E-state index in [4.69, 9.17) is 56.6 Å². The Hall–Kier alpha value is -2.91. The van der Waals surface area contributed by atoms with Crippen LogP contribution in [0.5, 0.6) is 5.75 Å². The van der Waals surface area contributed by atoms with Crippen molar-refractivity contribution >= 4 is 64.8 Å². The van der Waals surface area contributed by atoms with Crippen LogP contribution < -0.4 is 10.1 Å². The van der Waals surface area contributed by atoms with E-state index < -0.39 is 45.3 Å². The highest BCUT2D eigenvalue weighted by atomic mass is 19.1. The minimum atomic E-state index is -2.46. The second kappa shape index (κ2) is 10.2. The molecular weight excluding hydrogens is 506 g/mol. The molecule has 3 aliphatic rings. The van der Waals surface area contributed by atoms with Gasteiger partial charge in [-0.05, 0) is 34.3 Å². The molecule has 3 amide bonds. The van der Waals surface area contributed by atoms with Gasteiger partial charge >= 0.3 is 0 Å². The smallest absolute Gasteiger partial charge is 0.254 e. The Morgan fingerprint density at radius 1 is 1.02 bits per heavy atom. The van der Waals surface area contributed by atoms with Crippen LogP contribution in [0.2, 0.25) is 10.4 Å². The van der Waals surface area contributed by atoms with Gasteiger partial charge in [0.2, 0.25) is 11.8 Å². The number of benzene rings is 2. The first kappa shape index (κ1) is 28.6. The van der Waals surface area contributed by atoms with Crippen molar-refractivity contribution < 1.29 is 28.2 Å². The average molecular weight is 526 g/mol. The summed E-state index contributed by atoms with van der Waals surface area (Å²) in [6, 6.07) is 7.46. The minimum Gasteiger partial charge on any atom is -0.488 e. The molecule has 0 aliphatic carbocycles. The number of morpholine rings is 1. The molecule has 1 atom stereocenters. The molecule has 3 aliphatic heterocycles. The molecule has 0 saturated carbocycles. The number of piperidine rings is 1. The van der Waals surface area contributed by atoms with Crippen LogP contribution in [0.4, 0.5) is 4.39 Å². The molecule has 5 rings (SSSR count). The van der Waals surface area contributed by atoms with Gasteiger partial charge in [-0.25, -0.2) is 4.39 Å². The van der Waals surface area contributed by atoms with Crippen molar-refractivity contribution in [1.82, 2.24) is 15.1 Å². The maximum Gasteiger partial charge on any atom is 0.254 e. The molecule has 2 fully saturated rings. The average Bonchev–Trinajstić information content (AvgIpc) is 3.09. The Bertz CT molecular complexity index is 1380. The lowest BCUT2D eigenvalue weighted by molar-refractivity contribution is -0.138. The van der Waals surface area contributed by atoms with Gasteiger partial charge in [-0.1, -0.05) is 23.4 Å². The van der Waals surface area contributed by atoms with Gasteiger partial charge in [0.05, 0.1) is 60.3 Å². The Labute approximate surface area is 239 Å². The van der Waals surface area contributed by atoms with E-state index >= 15 is 0 Å². The Morgan fingerprint density at radius 2 is 1.73 bits per heavy atom. The van der Waals surface area contributed by atoms with Gasteiger partial charge in [0.1, 0.15) is 24.2 Å². The summed E-state index contributed by atoms with van der Waals surface area (Å²) >= 11 is 0. The predicted octanol–water partition coefficient (Wildman–Crippen LogP) is -0.929. The standard InChI is InChI=1S/C25H20B6FN3O5/c26-23(27)19(20(36)33-22(38)24(23,28)29)35-21(37)15-2-1-3-17(18(15)25(35,30)31)40-12-14-5-4-13(10-16(14)32)11-34-6-8-39-9-7-34/h1-5,10,19H,6-9,11-12H2,(H,33,36,38). The number of ether oxygens (including phenoxy) is 2. The lowest BCUT2D eigenvalue weighted by Crippen LogP contribution is -2.69. The van der Waals surface area contributed by atoms with E-state index in [1.165, 1.54) is 24.3 Å². The molecule has 40 heavy (non-hydrogen) atoms. The zero-order valence-corrected chi connectivity index (χ0v) is 21.6. The Balaban J connectivity index is 1.40. The van der Waals surface area contributed by atoms with Gasteiger partial charge in [0.15, 0.2) is 0 Å². The third kappa shape index (κ3) is 4.61. The first-order valence-corrected chi connectivity index (χ1v) is 12.5. The number of halogens is 1. The number of fused-ring (bicyclic) bond motifs is 1. The zero-order valence-electron chi connectivity index (χ0n) is 21.6. The summed E-state index contributed by atoms with van der Waals surface area (Å²) in [7, 11) is 36.8. The second-order valence-electron chi connectivity index (χ2n) is 10.3. The number of nitrogens with one attached hydrogen (secondary N) is 1. The summed E-state index contributed by atoms with van der Waals surface area (Å²) in [5.74, 6) is -3.43. The van der Waals surface area contributed by atoms with Crippen molar-refractivity contribution in [1.29, 1.82) is 0 Å². The van der Waals surface area contributed by atoms with Crippen molar-refractivity contribution in [2.24, 2.45) is 0 Å². The van der Waals surface area contributed by atoms with Crippen molar-refractivity contribution in [3.8, 4) is 5.75 Å². The van der Waals surface area contributed by atoms with E-state index in [-0.39, 0.29) is 29.0 Å². The molecule has 3 heterocycles. The topological polar surface area (TPSA) is 88.2 Å². The van der Waals surface area contributed by atoms with Gasteiger partial charge in [-0.2, -0.15) is 0 Å². The molecule has 2 saturated heterocycles. The van der Waals surface area contributed by atoms with E-state index in [2.05, 4.69) is 4.90 Å². The first-order chi connectivity index (χ1) is 18.8. The number of rotatable bonds is 6. The van der Waals surface area contributed by atoms with Crippen molar-refractivity contribution in [2.45, 2.75) is 35.0 Å². The summed E-state index contributed by atoms with van der Waals surface area (Å²) in [6.07, 6.45) is 0. The SMILES string of the molecule is [B]C1([B])c2c(OCc3ccc(CN4CCOCC4)cc3F)cccc2C(=O)N1C1C(=O)NC(=O)C([B])([B])C1([B])[B]. The summed E-state index contributed by atoms with van der Waals surface area (Å²) < 4.78 is 26.2. The molecule has 2 aromatic carbocycles. The second-order valence-corrected chi connectivity index (χ2v) is 10.3. The quantitative estimate of drug-likeness (QED) is 0.387. The monoisotopic (exact) mass is 527 g/mol. The van der Waals surface area contributed by atoms with Crippen LogP contribution in [0.25, 0.3) is 0 Å². The third-order valence-electron chi connectivity index (χ3n) is 7.57. The maximum absolute atomic E-state index is 15.0. The number of hydrogen-bond acceptors (Lipinski definition) is 6. The van der Waals surface area contributed by atoms with Gasteiger partial charge in [0.25, 0.3) is 5.91 Å². The fourth-order valence-electron chi connectivity index (χ4n) is 5.23. The zero-order chi connectivity index (χ0) is 29.0. The molecule has 8 nitrogen and oxygen atoms in total. The number of carbonyl (C=O) groups excluding carboxylic acids is 3. The van der Waals surface area contributed by atoms with Crippen LogP contribution in [-0.4, -0.2) is 107 Å². The molecule has 15 heteroatoms. The Morgan fingerprint density at radius 3 is 2.40 bits per heavy atom. The van der Waals surface area contributed by atoms with Crippen molar-refractivity contribution in [3.63, 3.8) is 0 Å². The van der Waals surface area contributed by atoms with Crippen molar-refractivity contribution in [3.05, 3.63) is 64.5 Å². The summed E-state index contributed by atoms with van der Waals surface area (Å²) in [5.41, 5.74) is 1.06. The number of imide groups is 1. The molecular formula is C25H20B6FN3O5. The third-order valence-corrected chi connectivity index (χ3v) is 7.57. The summed E-state index contributed by atoms with van der Waals surface area (Å²) in [4.78, 5) is 41.5. The highest BCUT2D eigenvalue weighted by molar-refractivity contribution is 6.63. The Kier molecular flexibility index (Phi) is 7.28. The number of amides is 3. The molecule has 12 radical (unpaired) electrons. The molecule has 0 aromatic heterocycles. The molecule has 0 spiro atoms. The van der Waals surface area contributed by atoms with Crippen LogP contribution in [0.15, 0.2) is 36.4 Å². The fraction of sp³-hybridized carbons (Fsp3) is 0.400. The number of hydrogen-bond donors (Lipinski definition) is 1. The fourth-order valence-corrected chi connectivity index (χ4v) is 5.23. The highest BCUT2D eigenvalue weighted by Gasteiger charge is 2.60. The lowest BCUT2D eigenvalue weighted by atomic mass is 9.26. The van der Waals surface area contributed by atoms with E-state index in [0.717, 1.165) is 23.6 Å². The van der Waals surface area contributed by atoms with E-state index in [0.29, 0.717) is 19.8 Å². The van der Waals surface area contributed by atoms with Gasteiger partial charge in [-0.15, -0.1) is 0 Å². The van der Waals surface area contributed by atoms with Crippen molar-refractivity contribution in [2.75, 3.05) is 26.3 Å². The largest absolute Gasteiger partial charge is 0.488 e. The lowest BCUT2D eigenvalue weighted by Gasteiger charge is -2.56. The van der Waals surface area contributed by atoms with E-state index in [1.807, 2.05) is 11.4 Å². The van der Waals surface area contributed by atoms with Crippen LogP contribution in [0.3, 0.4) is 0 Å². The predicted molar refractivity (Wildman–Crippen MR) is 148 cm³/mol. The van der Waals surface area contributed by atoms with E-state index in [9.17, 15) is 18.8 Å². The molecule has 1 unspecified atom stereocenters. The number of carbonyl (C=O) groups is 3. The van der Waals surface area contributed by atoms with Crippen LogP contribution in [0, 0.1) is 5.82 Å². The minimum absolute atomic E-state index is 0.00416. The molecule has 0 bridgehead atoms. The summed E-state index contributed by atoms with van der Waals surface area (Å²) in [6.45, 7) is 3.20. The molecule has 190 valence electrons. The molecule has 2 aromatic rings. The molecule has 1 N–H and O–H groups in total. The highest BCUT2D eigenvalue weighted by Crippen LogP contribution is 2.53. The maximum atomic E-state index is 15.0. The summed E-state index contributed by atoms with van der Waals surface area (Å²) in [5, 5.41) is -5.16. The van der Waals surface area contributed by atoms with Crippen LogP contribution >= 0.6 is 0 Å². The van der Waals surface area contributed by atoms with Crippen LogP contribution in [-0.2, 0) is 32.8 Å².